The molecule has 2 aliphatic heterocycles. The molecule has 0 radical (unpaired) electrons. The number of aliphatic hydroxyl groups excluding tert-OH is 1. The van der Waals surface area contributed by atoms with Crippen molar-refractivity contribution in [3.8, 4) is 0 Å². The van der Waals surface area contributed by atoms with Crippen molar-refractivity contribution >= 4 is 5.91 Å². The first-order chi connectivity index (χ1) is 11.3. The van der Waals surface area contributed by atoms with Gasteiger partial charge in [-0.2, -0.15) is 13.2 Å². The molecule has 1 amide bonds. The van der Waals surface area contributed by atoms with Crippen molar-refractivity contribution in [3.05, 3.63) is 29.6 Å². The highest BCUT2D eigenvalue weighted by molar-refractivity contribution is 5.92. The number of aliphatic hydroxyl groups is 1. The van der Waals surface area contributed by atoms with Gasteiger partial charge in [0.2, 0.25) is 0 Å². The fourth-order valence-electron chi connectivity index (χ4n) is 3.52. The van der Waals surface area contributed by atoms with E-state index >= 15 is 0 Å². The Balaban J connectivity index is 1.69. The lowest BCUT2D eigenvalue weighted by Gasteiger charge is -2.39. The summed E-state index contributed by atoms with van der Waals surface area (Å²) in [5.74, 6) is -0.390. The van der Waals surface area contributed by atoms with Gasteiger partial charge in [-0.25, -0.2) is 0 Å². The Bertz CT molecular complexity index is 605. The van der Waals surface area contributed by atoms with Crippen LogP contribution >= 0.6 is 0 Å². The van der Waals surface area contributed by atoms with Gasteiger partial charge in [-0.3, -0.25) is 9.78 Å². The van der Waals surface area contributed by atoms with Gasteiger partial charge in [0.1, 0.15) is 5.69 Å². The Kier molecular flexibility index (Phi) is 4.52. The molecule has 24 heavy (non-hydrogen) atoms. The van der Waals surface area contributed by atoms with E-state index in [9.17, 15) is 23.1 Å². The van der Waals surface area contributed by atoms with Crippen LogP contribution in [0.15, 0.2) is 18.3 Å². The van der Waals surface area contributed by atoms with Crippen LogP contribution in [0.2, 0.25) is 0 Å². The van der Waals surface area contributed by atoms with Crippen LogP contribution in [-0.4, -0.2) is 52.2 Å². The van der Waals surface area contributed by atoms with Crippen LogP contribution in [0.1, 0.15) is 47.8 Å². The molecule has 1 aromatic heterocycles. The number of amides is 1. The second kappa shape index (κ2) is 6.33. The minimum Gasteiger partial charge on any atom is -0.379 e. The number of piperidine rings is 1. The fourth-order valence-corrected chi connectivity index (χ4v) is 3.52. The average molecular weight is 343 g/mol. The summed E-state index contributed by atoms with van der Waals surface area (Å²) in [6.45, 7) is 2.10. The molecular formula is C16H20F3N3O2. The first-order valence-electron chi connectivity index (χ1n) is 8.06. The number of carbonyl (C=O) groups is 1. The van der Waals surface area contributed by atoms with Gasteiger partial charge in [-0.15, -0.1) is 0 Å². The van der Waals surface area contributed by atoms with Crippen LogP contribution in [0.25, 0.3) is 0 Å². The first kappa shape index (κ1) is 17.2. The minimum atomic E-state index is -4.77. The molecule has 5 nitrogen and oxygen atoms in total. The molecular weight excluding hydrogens is 323 g/mol. The lowest BCUT2D eigenvalue weighted by Crippen LogP contribution is -2.51. The maximum absolute atomic E-state index is 12.6. The number of hydrogen-bond acceptors (Lipinski definition) is 4. The van der Waals surface area contributed by atoms with Gasteiger partial charge in [0, 0.05) is 24.8 Å². The summed E-state index contributed by atoms with van der Waals surface area (Å²) in [6, 6.07) is 2.10. The Morgan fingerprint density at radius 2 is 2.04 bits per heavy atom. The lowest BCUT2D eigenvalue weighted by molar-refractivity contribution is -0.206. The van der Waals surface area contributed by atoms with Crippen LogP contribution in [0.4, 0.5) is 13.2 Å². The van der Waals surface area contributed by atoms with Gasteiger partial charge < -0.3 is 15.3 Å². The molecule has 2 aliphatic rings. The maximum Gasteiger partial charge on any atom is 0.418 e. The topological polar surface area (TPSA) is 65.5 Å². The van der Waals surface area contributed by atoms with Crippen molar-refractivity contribution in [2.75, 3.05) is 19.6 Å². The zero-order chi connectivity index (χ0) is 17.4. The van der Waals surface area contributed by atoms with Gasteiger partial charge in [0.25, 0.3) is 5.91 Å². The molecule has 3 rings (SSSR count). The van der Waals surface area contributed by atoms with Crippen molar-refractivity contribution in [2.24, 2.45) is 0 Å². The van der Waals surface area contributed by atoms with Crippen molar-refractivity contribution < 1.29 is 23.1 Å². The van der Waals surface area contributed by atoms with Gasteiger partial charge >= 0.3 is 6.18 Å². The molecule has 0 aliphatic carbocycles. The average Bonchev–Trinajstić information content (AvgIpc) is 3.01. The zero-order valence-corrected chi connectivity index (χ0v) is 13.1. The van der Waals surface area contributed by atoms with Crippen LogP contribution in [0, 0.1) is 0 Å². The number of nitrogens with zero attached hydrogens (tertiary/aromatic N) is 2. The van der Waals surface area contributed by atoms with E-state index in [1.54, 1.807) is 4.90 Å². The molecule has 0 bridgehead atoms. The molecule has 1 atom stereocenters. The van der Waals surface area contributed by atoms with E-state index in [1.165, 1.54) is 0 Å². The van der Waals surface area contributed by atoms with Crippen LogP contribution in [-0.2, 0) is 0 Å². The largest absolute Gasteiger partial charge is 0.418 e. The Hall–Kier alpha value is -1.67. The van der Waals surface area contributed by atoms with E-state index < -0.39 is 12.3 Å². The summed E-state index contributed by atoms with van der Waals surface area (Å²) in [6.07, 6.45) is -2.35. The summed E-state index contributed by atoms with van der Waals surface area (Å²) in [7, 11) is 0. The molecule has 1 aromatic rings. The number of rotatable bonds is 2. The number of carbonyl (C=O) groups excluding carboxylic acids is 1. The Morgan fingerprint density at radius 1 is 1.33 bits per heavy atom. The quantitative estimate of drug-likeness (QED) is 0.862. The number of halogens is 3. The lowest BCUT2D eigenvalue weighted by atomic mass is 9.86. The smallest absolute Gasteiger partial charge is 0.379 e. The molecule has 2 saturated heterocycles. The van der Waals surface area contributed by atoms with E-state index in [4.69, 9.17) is 0 Å². The van der Waals surface area contributed by atoms with Gasteiger partial charge in [0.15, 0.2) is 6.10 Å². The predicted molar refractivity (Wildman–Crippen MR) is 80.4 cm³/mol. The second-order valence-corrected chi connectivity index (χ2v) is 6.52. The molecule has 0 saturated carbocycles. The molecule has 2 fully saturated rings. The van der Waals surface area contributed by atoms with E-state index in [0.29, 0.717) is 13.1 Å². The van der Waals surface area contributed by atoms with E-state index in [2.05, 4.69) is 10.3 Å². The second-order valence-electron chi connectivity index (χ2n) is 6.52. The normalized spacial score (nSPS) is 21.9. The summed E-state index contributed by atoms with van der Waals surface area (Å²) >= 11 is 0. The molecule has 132 valence electrons. The van der Waals surface area contributed by atoms with E-state index in [1.807, 2.05) is 0 Å². The number of hydrogen-bond donors (Lipinski definition) is 2. The molecule has 3 heterocycles. The highest BCUT2D eigenvalue weighted by Crippen LogP contribution is 2.33. The highest BCUT2D eigenvalue weighted by atomic mass is 19.4. The summed E-state index contributed by atoms with van der Waals surface area (Å²) in [5, 5.41) is 12.8. The van der Waals surface area contributed by atoms with Crippen molar-refractivity contribution in [3.63, 3.8) is 0 Å². The van der Waals surface area contributed by atoms with Gasteiger partial charge in [-0.05, 0) is 49.9 Å². The number of nitrogens with one attached hydrogen (secondary N) is 1. The first-order valence-corrected chi connectivity index (χ1v) is 8.06. The summed E-state index contributed by atoms with van der Waals surface area (Å²) in [5.41, 5.74) is -0.323. The number of likely N-dealkylation sites (tertiary alicyclic amines) is 1. The van der Waals surface area contributed by atoms with Crippen molar-refractivity contribution in [2.45, 2.75) is 43.5 Å². The Morgan fingerprint density at radius 3 is 2.62 bits per heavy atom. The molecule has 1 unspecified atom stereocenters. The molecule has 2 N–H and O–H groups in total. The van der Waals surface area contributed by atoms with Crippen LogP contribution in [0.3, 0.4) is 0 Å². The third-order valence-electron chi connectivity index (χ3n) is 4.97. The molecule has 1 spiro atoms. The summed E-state index contributed by atoms with van der Waals surface area (Å²) in [4.78, 5) is 18.0. The minimum absolute atomic E-state index is 0.0638. The Labute approximate surface area is 137 Å². The van der Waals surface area contributed by atoms with Crippen LogP contribution in [0.5, 0.6) is 0 Å². The van der Waals surface area contributed by atoms with Gasteiger partial charge in [-0.1, -0.05) is 0 Å². The van der Waals surface area contributed by atoms with E-state index in [-0.39, 0.29) is 22.7 Å². The van der Waals surface area contributed by atoms with Crippen molar-refractivity contribution in [1.82, 2.24) is 15.2 Å². The standard InChI is InChI=1S/C16H20F3N3O2/c17-16(18,19)13(23)11-2-7-20-12(10-11)14(24)22-8-4-15(5-9-22)3-1-6-21-15/h2,7,10,13,21,23H,1,3-6,8-9H2. The van der Waals surface area contributed by atoms with Crippen LogP contribution < -0.4 is 5.32 Å². The SMILES string of the molecule is O=C(c1cc(C(O)C(F)(F)F)ccn1)N1CCC2(CCCN2)CC1. The predicted octanol–water partition coefficient (Wildman–Crippen LogP) is 2.04. The zero-order valence-electron chi connectivity index (χ0n) is 13.1. The van der Waals surface area contributed by atoms with Gasteiger partial charge in [0.05, 0.1) is 0 Å². The maximum atomic E-state index is 12.6. The highest BCUT2D eigenvalue weighted by Gasteiger charge is 2.40. The third-order valence-corrected chi connectivity index (χ3v) is 4.97. The molecule has 8 heteroatoms. The van der Waals surface area contributed by atoms with E-state index in [0.717, 1.165) is 50.6 Å². The summed E-state index contributed by atoms with van der Waals surface area (Å²) < 4.78 is 37.9. The molecule has 0 aromatic carbocycles. The monoisotopic (exact) mass is 343 g/mol. The number of alkyl halides is 3. The van der Waals surface area contributed by atoms with Crippen molar-refractivity contribution in [1.29, 1.82) is 0 Å². The number of aromatic nitrogens is 1. The number of pyridine rings is 1. The third kappa shape index (κ3) is 3.39. The fraction of sp³-hybridized carbons (Fsp3) is 0.625.